The number of unbranched alkanes of at least 4 members (excludes halogenated alkanes) is 8. The Morgan fingerprint density at radius 1 is 0.839 bits per heavy atom. The van der Waals surface area contributed by atoms with Crippen LogP contribution in [0.2, 0.25) is 0 Å². The summed E-state index contributed by atoms with van der Waals surface area (Å²) in [6.07, 6.45) is 8.90. The molecule has 0 aromatic heterocycles. The van der Waals surface area contributed by atoms with Crippen molar-refractivity contribution in [1.29, 1.82) is 0 Å². The monoisotopic (exact) mass is 442 g/mol. The Morgan fingerprint density at radius 3 is 2.10 bits per heavy atom. The molecule has 3 aliphatic heterocycles. The fourth-order valence-electron chi connectivity index (χ4n) is 4.61. The van der Waals surface area contributed by atoms with Gasteiger partial charge >= 0.3 is 5.97 Å². The molecular weight excluding hydrogens is 400 g/mol. The van der Waals surface area contributed by atoms with E-state index >= 15 is 0 Å². The molecule has 3 heterocycles. The molecule has 0 unspecified atom stereocenters. The van der Waals surface area contributed by atoms with Crippen molar-refractivity contribution >= 4 is 5.97 Å². The molecular formula is C24H42O7. The molecule has 7 heteroatoms. The van der Waals surface area contributed by atoms with Crippen molar-refractivity contribution in [2.75, 3.05) is 6.61 Å². The fraction of sp³-hybridized carbons (Fsp3) is 0.958. The first kappa shape index (κ1) is 24.9. The van der Waals surface area contributed by atoms with Crippen molar-refractivity contribution in [3.63, 3.8) is 0 Å². The Kier molecular flexibility index (Phi) is 8.78. The normalized spacial score (nSPS) is 33.5. The van der Waals surface area contributed by atoms with Gasteiger partial charge in [0.1, 0.15) is 12.2 Å². The molecule has 0 aromatic carbocycles. The Hall–Kier alpha value is -0.730. The molecule has 7 nitrogen and oxygen atoms in total. The summed E-state index contributed by atoms with van der Waals surface area (Å²) in [6.45, 7) is 10.0. The fourth-order valence-corrected chi connectivity index (χ4v) is 4.61. The number of ether oxygens (including phenoxy) is 6. The molecule has 180 valence electrons. The molecule has 31 heavy (non-hydrogen) atoms. The van der Waals surface area contributed by atoms with E-state index < -0.39 is 36.2 Å². The molecule has 0 saturated carbocycles. The minimum atomic E-state index is -0.769. The van der Waals surface area contributed by atoms with Crippen molar-refractivity contribution in [1.82, 2.24) is 0 Å². The van der Waals surface area contributed by atoms with Crippen LogP contribution in [-0.2, 0) is 33.2 Å². The molecule has 5 atom stereocenters. The highest BCUT2D eigenvalue weighted by atomic mass is 16.8. The molecule has 3 aliphatic rings. The van der Waals surface area contributed by atoms with E-state index in [1.165, 1.54) is 44.9 Å². The molecule has 0 N–H and O–H groups in total. The molecule has 0 aliphatic carbocycles. The number of rotatable bonds is 12. The largest absolute Gasteiger partial charge is 0.456 e. The first-order valence-electron chi connectivity index (χ1n) is 12.2. The molecule has 0 amide bonds. The summed E-state index contributed by atoms with van der Waals surface area (Å²) in [5.41, 5.74) is 0. The van der Waals surface area contributed by atoms with Gasteiger partial charge in [0.15, 0.2) is 30.1 Å². The summed E-state index contributed by atoms with van der Waals surface area (Å²) < 4.78 is 35.5. The Morgan fingerprint density at radius 2 is 1.48 bits per heavy atom. The number of hydrogen-bond acceptors (Lipinski definition) is 7. The highest BCUT2D eigenvalue weighted by Crippen LogP contribution is 2.42. The van der Waals surface area contributed by atoms with Gasteiger partial charge in [-0.2, -0.15) is 0 Å². The lowest BCUT2D eigenvalue weighted by Crippen LogP contribution is -2.45. The van der Waals surface area contributed by atoms with Gasteiger partial charge in [-0.3, -0.25) is 4.79 Å². The van der Waals surface area contributed by atoms with E-state index in [9.17, 15) is 4.79 Å². The van der Waals surface area contributed by atoms with Crippen LogP contribution in [0.15, 0.2) is 0 Å². The van der Waals surface area contributed by atoms with Crippen LogP contribution < -0.4 is 0 Å². The zero-order valence-corrected chi connectivity index (χ0v) is 20.0. The van der Waals surface area contributed by atoms with Crippen molar-refractivity contribution < 1.29 is 33.2 Å². The minimum Gasteiger partial charge on any atom is -0.456 e. The van der Waals surface area contributed by atoms with Crippen molar-refractivity contribution in [3.8, 4) is 0 Å². The second kappa shape index (κ2) is 10.9. The zero-order valence-electron chi connectivity index (χ0n) is 20.0. The van der Waals surface area contributed by atoms with E-state index in [0.717, 1.165) is 12.8 Å². The van der Waals surface area contributed by atoms with E-state index in [4.69, 9.17) is 28.4 Å². The molecule has 3 saturated heterocycles. The van der Waals surface area contributed by atoms with Gasteiger partial charge in [0.05, 0.1) is 6.61 Å². The maximum Gasteiger partial charge on any atom is 0.306 e. The van der Waals surface area contributed by atoms with E-state index in [1.807, 2.05) is 27.7 Å². The second-order valence-corrected chi connectivity index (χ2v) is 9.97. The highest BCUT2D eigenvalue weighted by Gasteiger charge is 2.59. The first-order chi connectivity index (χ1) is 14.7. The standard InChI is InChI=1S/C24H42O7/c1-6-7-8-9-10-11-12-13-14-15-18(25)27-20-19(17-16-26-23(2,3)29-17)28-22-21(20)30-24(4,5)31-22/h17,19-22H,6-16H2,1-5H3/t17-,19-,20+,21-,22-/m1/s1. The smallest absolute Gasteiger partial charge is 0.306 e. The lowest BCUT2D eigenvalue weighted by atomic mass is 10.1. The van der Waals surface area contributed by atoms with Crippen molar-refractivity contribution in [3.05, 3.63) is 0 Å². The van der Waals surface area contributed by atoms with Crippen LogP contribution in [0.25, 0.3) is 0 Å². The number of carbonyl (C=O) groups is 1. The summed E-state index contributed by atoms with van der Waals surface area (Å²) in [6, 6.07) is 0. The van der Waals surface area contributed by atoms with Crippen LogP contribution in [0.1, 0.15) is 98.8 Å². The molecule has 0 radical (unpaired) electrons. The predicted molar refractivity (Wildman–Crippen MR) is 115 cm³/mol. The van der Waals surface area contributed by atoms with Crippen LogP contribution in [0.3, 0.4) is 0 Å². The van der Waals surface area contributed by atoms with Crippen LogP contribution in [0.5, 0.6) is 0 Å². The molecule has 0 bridgehead atoms. The van der Waals surface area contributed by atoms with Crippen LogP contribution in [0.4, 0.5) is 0 Å². The maximum absolute atomic E-state index is 12.6. The van der Waals surface area contributed by atoms with Crippen LogP contribution >= 0.6 is 0 Å². The van der Waals surface area contributed by atoms with Gasteiger partial charge in [-0.15, -0.1) is 0 Å². The van der Waals surface area contributed by atoms with Gasteiger partial charge < -0.3 is 28.4 Å². The third kappa shape index (κ3) is 7.13. The van der Waals surface area contributed by atoms with E-state index in [1.54, 1.807) is 0 Å². The molecule has 0 spiro atoms. The lowest BCUT2D eigenvalue weighted by Gasteiger charge is -2.28. The molecule has 3 rings (SSSR count). The number of fused-ring (bicyclic) bond motifs is 1. The van der Waals surface area contributed by atoms with Crippen molar-refractivity contribution in [2.45, 2.75) is 141 Å². The van der Waals surface area contributed by atoms with Gasteiger partial charge in [0.25, 0.3) is 0 Å². The van der Waals surface area contributed by atoms with E-state index in [-0.39, 0.29) is 12.1 Å². The summed E-state index contributed by atoms with van der Waals surface area (Å²) in [4.78, 5) is 12.6. The number of carbonyl (C=O) groups excluding carboxylic acids is 1. The first-order valence-corrected chi connectivity index (χ1v) is 12.2. The summed E-state index contributed by atoms with van der Waals surface area (Å²) in [5.74, 6) is -1.67. The Labute approximate surface area is 187 Å². The summed E-state index contributed by atoms with van der Waals surface area (Å²) in [7, 11) is 0. The lowest BCUT2D eigenvalue weighted by molar-refractivity contribution is -0.235. The van der Waals surface area contributed by atoms with E-state index in [2.05, 4.69) is 6.92 Å². The van der Waals surface area contributed by atoms with Crippen molar-refractivity contribution in [2.24, 2.45) is 0 Å². The minimum absolute atomic E-state index is 0.214. The Balaban J connectivity index is 1.43. The highest BCUT2D eigenvalue weighted by molar-refractivity contribution is 5.69. The molecule has 3 fully saturated rings. The van der Waals surface area contributed by atoms with Crippen LogP contribution in [0, 0.1) is 0 Å². The third-order valence-electron chi connectivity index (χ3n) is 6.18. The van der Waals surface area contributed by atoms with Gasteiger partial charge in [-0.05, 0) is 34.1 Å². The molecule has 0 aromatic rings. The number of esters is 1. The van der Waals surface area contributed by atoms with Gasteiger partial charge in [0.2, 0.25) is 0 Å². The SMILES string of the molecule is CCCCCCCCCCCC(=O)O[C@@H]1[C@H]2OC(C)(C)O[C@H]2O[C@@H]1[C@H]1COC(C)(C)O1. The summed E-state index contributed by atoms with van der Waals surface area (Å²) >= 11 is 0. The predicted octanol–water partition coefficient (Wildman–Crippen LogP) is 4.85. The van der Waals surface area contributed by atoms with Crippen LogP contribution in [-0.4, -0.2) is 54.9 Å². The topological polar surface area (TPSA) is 72.5 Å². The quantitative estimate of drug-likeness (QED) is 0.316. The maximum atomic E-state index is 12.6. The average molecular weight is 443 g/mol. The third-order valence-corrected chi connectivity index (χ3v) is 6.18. The average Bonchev–Trinajstić information content (AvgIpc) is 3.30. The van der Waals surface area contributed by atoms with Gasteiger partial charge in [-0.25, -0.2) is 0 Å². The Bertz CT molecular complexity index is 576. The number of hydrogen-bond donors (Lipinski definition) is 0. The zero-order chi connectivity index (χ0) is 22.5. The summed E-state index contributed by atoms with van der Waals surface area (Å²) in [5, 5.41) is 0. The van der Waals surface area contributed by atoms with E-state index in [0.29, 0.717) is 13.0 Å². The van der Waals surface area contributed by atoms with Gasteiger partial charge in [-0.1, -0.05) is 58.3 Å². The second-order valence-electron chi connectivity index (χ2n) is 9.97. The van der Waals surface area contributed by atoms with Gasteiger partial charge in [0, 0.05) is 6.42 Å².